The van der Waals surface area contributed by atoms with Crippen molar-refractivity contribution in [2.24, 2.45) is 11.8 Å². The van der Waals surface area contributed by atoms with Crippen LogP contribution in [0.15, 0.2) is 60.7 Å². The van der Waals surface area contributed by atoms with E-state index < -0.39 is 24.3 Å². The van der Waals surface area contributed by atoms with Crippen LogP contribution >= 0.6 is 0 Å². The Morgan fingerprint density at radius 1 is 0.750 bits per heavy atom. The van der Waals surface area contributed by atoms with Crippen molar-refractivity contribution in [3.63, 3.8) is 0 Å². The molecule has 2 aromatic rings. The molecule has 0 bridgehead atoms. The van der Waals surface area contributed by atoms with E-state index >= 15 is 0 Å². The lowest BCUT2D eigenvalue weighted by Gasteiger charge is -2.30. The fraction of sp³-hybridized carbons (Fsp3) is 0.500. The molecule has 36 heavy (non-hydrogen) atoms. The van der Waals surface area contributed by atoms with Crippen molar-refractivity contribution in [2.45, 2.75) is 63.8 Å². The molecule has 196 valence electrons. The van der Waals surface area contributed by atoms with Crippen molar-refractivity contribution in [3.8, 4) is 0 Å². The maximum Gasteiger partial charge on any atom is 0.315 e. The highest BCUT2D eigenvalue weighted by atomic mass is 16.3. The Kier molecular flexibility index (Phi) is 10.6. The highest BCUT2D eigenvalue weighted by Crippen LogP contribution is 2.28. The van der Waals surface area contributed by atoms with Crippen LogP contribution < -0.4 is 21.3 Å². The van der Waals surface area contributed by atoms with Crippen LogP contribution in [0.25, 0.3) is 0 Å². The summed E-state index contributed by atoms with van der Waals surface area (Å²) in [6, 6.07) is 17.1. The molecular formula is C28H40N4O4. The number of carbonyl (C=O) groups is 2. The third-order valence-electron chi connectivity index (χ3n) is 6.94. The van der Waals surface area contributed by atoms with Gasteiger partial charge in [0.2, 0.25) is 0 Å². The summed E-state index contributed by atoms with van der Waals surface area (Å²) in [6.45, 7) is 4.68. The lowest BCUT2D eigenvalue weighted by atomic mass is 9.81. The van der Waals surface area contributed by atoms with Crippen molar-refractivity contribution < 1.29 is 19.8 Å². The van der Waals surface area contributed by atoms with Gasteiger partial charge in [0.1, 0.15) is 0 Å². The summed E-state index contributed by atoms with van der Waals surface area (Å²) < 4.78 is 0. The van der Waals surface area contributed by atoms with Crippen LogP contribution in [0, 0.1) is 11.8 Å². The van der Waals surface area contributed by atoms with Gasteiger partial charge in [-0.3, -0.25) is 0 Å². The number of amides is 4. The second-order valence-electron chi connectivity index (χ2n) is 9.90. The molecule has 1 aliphatic carbocycles. The quantitative estimate of drug-likeness (QED) is 0.301. The minimum atomic E-state index is -0.773. The maximum absolute atomic E-state index is 12.4. The maximum atomic E-state index is 12.4. The van der Waals surface area contributed by atoms with Crippen LogP contribution in [0.3, 0.4) is 0 Å². The van der Waals surface area contributed by atoms with E-state index in [1.807, 2.05) is 60.7 Å². The van der Waals surface area contributed by atoms with E-state index in [4.69, 9.17) is 0 Å². The highest BCUT2D eigenvalue weighted by molar-refractivity contribution is 5.74. The number of carbonyl (C=O) groups excluding carboxylic acids is 2. The van der Waals surface area contributed by atoms with Crippen LogP contribution in [0.1, 0.15) is 62.9 Å². The van der Waals surface area contributed by atoms with E-state index in [1.54, 1.807) is 13.8 Å². The van der Waals surface area contributed by atoms with Gasteiger partial charge >= 0.3 is 12.1 Å². The minimum Gasteiger partial charge on any atom is -0.386 e. The molecule has 0 aromatic heterocycles. The Morgan fingerprint density at radius 2 is 1.14 bits per heavy atom. The molecular weight excluding hydrogens is 456 g/mol. The monoisotopic (exact) mass is 496 g/mol. The summed E-state index contributed by atoms with van der Waals surface area (Å²) in [5.41, 5.74) is 1.53. The molecule has 3 rings (SSSR count). The van der Waals surface area contributed by atoms with E-state index in [1.165, 1.54) is 0 Å². The molecule has 1 saturated carbocycles. The summed E-state index contributed by atoms with van der Waals surface area (Å²) >= 11 is 0. The number of aliphatic hydroxyl groups excluding tert-OH is 2. The normalized spacial score (nSPS) is 20.9. The van der Waals surface area contributed by atoms with Crippen LogP contribution in [0.2, 0.25) is 0 Å². The van der Waals surface area contributed by atoms with Gasteiger partial charge in [0.15, 0.2) is 0 Å². The molecule has 0 aliphatic heterocycles. The first-order chi connectivity index (χ1) is 17.3. The third-order valence-corrected chi connectivity index (χ3v) is 6.94. The van der Waals surface area contributed by atoms with E-state index in [9.17, 15) is 19.8 Å². The van der Waals surface area contributed by atoms with Gasteiger partial charge in [0, 0.05) is 13.1 Å². The Morgan fingerprint density at radius 3 is 1.53 bits per heavy atom. The highest BCUT2D eigenvalue weighted by Gasteiger charge is 2.24. The molecule has 0 radical (unpaired) electrons. The zero-order valence-electron chi connectivity index (χ0n) is 21.2. The van der Waals surface area contributed by atoms with Crippen LogP contribution in [-0.4, -0.2) is 47.4 Å². The fourth-order valence-electron chi connectivity index (χ4n) is 4.80. The Hall–Kier alpha value is -3.10. The van der Waals surface area contributed by atoms with E-state index in [0.29, 0.717) is 24.9 Å². The van der Waals surface area contributed by atoms with Crippen molar-refractivity contribution >= 4 is 12.1 Å². The first-order valence-electron chi connectivity index (χ1n) is 12.9. The number of hydrogen-bond donors (Lipinski definition) is 6. The van der Waals surface area contributed by atoms with Crippen molar-refractivity contribution in [1.82, 2.24) is 21.3 Å². The molecule has 2 aromatic carbocycles. The van der Waals surface area contributed by atoms with Crippen LogP contribution in [-0.2, 0) is 0 Å². The van der Waals surface area contributed by atoms with Crippen LogP contribution in [0.5, 0.6) is 0 Å². The summed E-state index contributed by atoms with van der Waals surface area (Å²) in [7, 11) is 0. The SMILES string of the molecule is C[C@H](NC(=O)NC[C@H]1CCC[C@@H](CNC(=O)N[C@H](C)[C@H](O)c2ccccc2)C1)[C@H](O)c1ccccc1. The average molecular weight is 497 g/mol. The third kappa shape index (κ3) is 8.53. The molecule has 0 saturated heterocycles. The second-order valence-corrected chi connectivity index (χ2v) is 9.90. The van der Waals surface area contributed by atoms with Gasteiger partial charge in [0.05, 0.1) is 24.3 Å². The molecule has 0 spiro atoms. The van der Waals surface area contributed by atoms with Gasteiger partial charge in [-0.25, -0.2) is 9.59 Å². The molecule has 6 atom stereocenters. The number of urea groups is 2. The lowest BCUT2D eigenvalue weighted by molar-refractivity contribution is 0.136. The zero-order chi connectivity index (χ0) is 25.9. The van der Waals surface area contributed by atoms with Crippen molar-refractivity contribution in [3.05, 3.63) is 71.8 Å². The molecule has 4 amide bonds. The van der Waals surface area contributed by atoms with Gasteiger partial charge in [-0.2, -0.15) is 0 Å². The smallest absolute Gasteiger partial charge is 0.315 e. The zero-order valence-corrected chi connectivity index (χ0v) is 21.2. The van der Waals surface area contributed by atoms with Crippen molar-refractivity contribution in [2.75, 3.05) is 13.1 Å². The Labute approximate surface area is 213 Å². The van der Waals surface area contributed by atoms with Gasteiger partial charge < -0.3 is 31.5 Å². The van der Waals surface area contributed by atoms with Crippen LogP contribution in [0.4, 0.5) is 9.59 Å². The lowest BCUT2D eigenvalue weighted by Crippen LogP contribution is -2.46. The van der Waals surface area contributed by atoms with Gasteiger partial charge in [-0.15, -0.1) is 0 Å². The number of hydrogen-bond acceptors (Lipinski definition) is 4. The molecule has 8 heteroatoms. The first-order valence-corrected chi connectivity index (χ1v) is 12.9. The summed E-state index contributed by atoms with van der Waals surface area (Å²) in [5, 5.41) is 32.4. The van der Waals surface area contributed by atoms with Gasteiger partial charge in [-0.1, -0.05) is 67.1 Å². The summed E-state index contributed by atoms with van der Waals surface area (Å²) in [5.74, 6) is 0.681. The predicted molar refractivity (Wildman–Crippen MR) is 140 cm³/mol. The van der Waals surface area contributed by atoms with Gasteiger partial charge in [0.25, 0.3) is 0 Å². The minimum absolute atomic E-state index is 0.289. The number of nitrogens with one attached hydrogen (secondary N) is 4. The fourth-order valence-corrected chi connectivity index (χ4v) is 4.80. The number of aliphatic hydroxyl groups is 2. The van der Waals surface area contributed by atoms with E-state index in [0.717, 1.165) is 36.8 Å². The first kappa shape index (κ1) is 27.5. The number of rotatable bonds is 10. The van der Waals surface area contributed by atoms with Crippen molar-refractivity contribution in [1.29, 1.82) is 0 Å². The molecule has 0 unspecified atom stereocenters. The average Bonchev–Trinajstić information content (AvgIpc) is 2.91. The summed E-state index contributed by atoms with van der Waals surface area (Å²) in [4.78, 5) is 24.7. The number of benzene rings is 2. The Balaban J connectivity index is 1.35. The van der Waals surface area contributed by atoms with E-state index in [-0.39, 0.29) is 12.1 Å². The standard InChI is InChI=1S/C28H40N4O4/c1-19(25(33)23-12-5-3-6-13-23)31-27(35)29-17-21-10-9-11-22(16-21)18-30-28(36)32-20(2)26(34)24-14-7-4-8-15-24/h3-8,12-15,19-22,25-26,33-34H,9-11,16-18H2,1-2H3,(H2,29,31,35)(H2,30,32,36)/t19-,20+,21-,22+,25-,26-/m0/s1. The van der Waals surface area contributed by atoms with Gasteiger partial charge in [-0.05, 0) is 56.1 Å². The largest absolute Gasteiger partial charge is 0.386 e. The summed E-state index contributed by atoms with van der Waals surface area (Å²) in [6.07, 6.45) is 2.49. The Bertz CT molecular complexity index is 868. The second kappa shape index (κ2) is 13.8. The topological polar surface area (TPSA) is 123 Å². The predicted octanol–water partition coefficient (Wildman–Crippen LogP) is 3.64. The van der Waals surface area contributed by atoms with E-state index in [2.05, 4.69) is 21.3 Å². The molecule has 8 nitrogen and oxygen atoms in total. The molecule has 0 heterocycles. The molecule has 1 aliphatic rings. The molecule has 6 N–H and O–H groups in total. The molecule has 1 fully saturated rings.